The predicted octanol–water partition coefficient (Wildman–Crippen LogP) is 5.22. The molecule has 1 aliphatic rings. The van der Waals surface area contributed by atoms with E-state index < -0.39 is 0 Å². The van der Waals surface area contributed by atoms with Gasteiger partial charge in [0.05, 0.1) is 9.88 Å². The van der Waals surface area contributed by atoms with Gasteiger partial charge in [0.25, 0.3) is 5.91 Å². The van der Waals surface area contributed by atoms with Crippen LogP contribution in [0, 0.1) is 26.7 Å². The van der Waals surface area contributed by atoms with Crippen LogP contribution in [0.4, 0.5) is 10.7 Å². The van der Waals surface area contributed by atoms with Crippen molar-refractivity contribution >= 4 is 45.6 Å². The number of nitrogens with one attached hydrogen (secondary N) is 2. The smallest absolute Gasteiger partial charge is 0.266 e. The second kappa shape index (κ2) is 8.57. The summed E-state index contributed by atoms with van der Waals surface area (Å²) in [5, 5.41) is 7.26. The number of hydrogen-bond acceptors (Lipinski definition) is 6. The molecule has 0 aliphatic heterocycles. The van der Waals surface area contributed by atoms with E-state index in [9.17, 15) is 9.59 Å². The molecule has 8 heteroatoms. The first-order valence-corrected chi connectivity index (χ1v) is 11.3. The average Bonchev–Trinajstić information content (AvgIpc) is 3.46. The Labute approximate surface area is 183 Å². The highest BCUT2D eigenvalue weighted by molar-refractivity contribution is 7.99. The van der Waals surface area contributed by atoms with E-state index in [2.05, 4.69) is 20.6 Å². The van der Waals surface area contributed by atoms with Gasteiger partial charge in [0.2, 0.25) is 5.91 Å². The maximum absolute atomic E-state index is 12.7. The molecule has 0 spiro atoms. The third-order valence-electron chi connectivity index (χ3n) is 4.60. The maximum atomic E-state index is 12.7. The first-order valence-electron chi connectivity index (χ1n) is 9.70. The Morgan fingerprint density at radius 3 is 2.30 bits per heavy atom. The average molecular weight is 439 g/mol. The molecule has 154 valence electrons. The molecule has 3 aromatic rings. The van der Waals surface area contributed by atoms with Gasteiger partial charge in [0.1, 0.15) is 0 Å². The summed E-state index contributed by atoms with van der Waals surface area (Å²) in [7, 11) is 0. The van der Waals surface area contributed by atoms with Crippen LogP contribution in [0.3, 0.4) is 0 Å². The number of aromatic nitrogens is 2. The number of hydrogen-bond donors (Lipinski definition) is 2. The molecule has 30 heavy (non-hydrogen) atoms. The number of carbonyl (C=O) groups is 2. The zero-order chi connectivity index (χ0) is 21.3. The number of benzene rings is 1. The van der Waals surface area contributed by atoms with E-state index >= 15 is 0 Å². The first-order chi connectivity index (χ1) is 14.4. The zero-order valence-electron chi connectivity index (χ0n) is 17.0. The number of carbonyl (C=O) groups excluding carboxylic acids is 2. The lowest BCUT2D eigenvalue weighted by molar-refractivity contribution is -0.117. The van der Waals surface area contributed by atoms with Crippen LogP contribution in [0.25, 0.3) is 0 Å². The van der Waals surface area contributed by atoms with Crippen LogP contribution in [0.15, 0.2) is 46.5 Å². The fourth-order valence-corrected chi connectivity index (χ4v) is 4.81. The van der Waals surface area contributed by atoms with Crippen molar-refractivity contribution in [3.05, 3.63) is 58.2 Å². The highest BCUT2D eigenvalue weighted by Crippen LogP contribution is 2.33. The maximum Gasteiger partial charge on any atom is 0.266 e. The molecule has 0 bridgehead atoms. The van der Waals surface area contributed by atoms with Crippen molar-refractivity contribution in [3.63, 3.8) is 0 Å². The number of thiophene rings is 1. The molecule has 2 aromatic heterocycles. The van der Waals surface area contributed by atoms with Gasteiger partial charge in [-0.2, -0.15) is 0 Å². The van der Waals surface area contributed by atoms with Gasteiger partial charge >= 0.3 is 0 Å². The summed E-state index contributed by atoms with van der Waals surface area (Å²) in [6.07, 6.45) is 1.90. The van der Waals surface area contributed by atoms with Gasteiger partial charge < -0.3 is 10.6 Å². The standard InChI is InChI=1S/C22H22N4O2S2/c1-12-10-18(26-20(27)15-4-5-15)30-19(12)21(28)25-16-6-8-17(9-7-16)29-22-23-13(2)11-14(3)24-22/h6-11,15H,4-5H2,1-3H3,(H,25,28)(H,26,27). The molecule has 2 N–H and O–H groups in total. The van der Waals surface area contributed by atoms with Crippen molar-refractivity contribution < 1.29 is 9.59 Å². The molecule has 0 radical (unpaired) electrons. The topological polar surface area (TPSA) is 84.0 Å². The number of amides is 2. The number of aryl methyl sites for hydroxylation is 3. The van der Waals surface area contributed by atoms with E-state index in [-0.39, 0.29) is 17.7 Å². The summed E-state index contributed by atoms with van der Waals surface area (Å²) in [4.78, 5) is 35.1. The Balaban J connectivity index is 1.40. The predicted molar refractivity (Wildman–Crippen MR) is 120 cm³/mol. The largest absolute Gasteiger partial charge is 0.321 e. The minimum atomic E-state index is -0.178. The lowest BCUT2D eigenvalue weighted by atomic mass is 10.2. The van der Waals surface area contributed by atoms with Crippen molar-refractivity contribution in [1.82, 2.24) is 9.97 Å². The summed E-state index contributed by atoms with van der Waals surface area (Å²) in [6, 6.07) is 11.4. The van der Waals surface area contributed by atoms with Crippen LogP contribution < -0.4 is 10.6 Å². The van der Waals surface area contributed by atoms with Crippen LogP contribution in [0.5, 0.6) is 0 Å². The molecule has 1 aromatic carbocycles. The third kappa shape index (κ3) is 5.06. The van der Waals surface area contributed by atoms with E-state index in [0.29, 0.717) is 15.7 Å². The SMILES string of the molecule is Cc1cc(C)nc(Sc2ccc(NC(=O)c3sc(NC(=O)C4CC4)cc3C)cc2)n1. The van der Waals surface area contributed by atoms with Gasteiger partial charge in [-0.25, -0.2) is 9.97 Å². The van der Waals surface area contributed by atoms with Crippen LogP contribution >= 0.6 is 23.1 Å². The van der Waals surface area contributed by atoms with E-state index in [1.165, 1.54) is 23.1 Å². The Kier molecular flexibility index (Phi) is 5.87. The fourth-order valence-electron chi connectivity index (χ4n) is 2.98. The minimum absolute atomic E-state index is 0.0454. The Morgan fingerprint density at radius 2 is 1.67 bits per heavy atom. The van der Waals surface area contributed by atoms with E-state index in [1.54, 1.807) is 0 Å². The molecule has 2 heterocycles. The van der Waals surface area contributed by atoms with Crippen molar-refractivity contribution in [2.75, 3.05) is 10.6 Å². The highest BCUT2D eigenvalue weighted by atomic mass is 32.2. The molecule has 1 saturated carbocycles. The van der Waals surface area contributed by atoms with E-state index in [1.807, 2.05) is 57.2 Å². The summed E-state index contributed by atoms with van der Waals surface area (Å²) in [5.74, 6) is 0.00160. The molecule has 2 amide bonds. The summed E-state index contributed by atoms with van der Waals surface area (Å²) < 4.78 is 0. The van der Waals surface area contributed by atoms with Gasteiger partial charge in [-0.3, -0.25) is 9.59 Å². The molecule has 1 aliphatic carbocycles. The van der Waals surface area contributed by atoms with Crippen molar-refractivity contribution in [3.8, 4) is 0 Å². The molecule has 0 saturated heterocycles. The van der Waals surface area contributed by atoms with E-state index in [4.69, 9.17) is 0 Å². The van der Waals surface area contributed by atoms with Gasteiger partial charge in [-0.05, 0) is 87.3 Å². The third-order valence-corrected chi connectivity index (χ3v) is 6.63. The number of anilines is 2. The first kappa shape index (κ1) is 20.6. The summed E-state index contributed by atoms with van der Waals surface area (Å²) in [5.41, 5.74) is 3.44. The lowest BCUT2D eigenvalue weighted by Gasteiger charge is -2.06. The Bertz CT molecular complexity index is 1080. The molecular weight excluding hydrogens is 416 g/mol. The van der Waals surface area contributed by atoms with Crippen LogP contribution in [0.1, 0.15) is 39.5 Å². The van der Waals surface area contributed by atoms with Crippen LogP contribution in [-0.4, -0.2) is 21.8 Å². The zero-order valence-corrected chi connectivity index (χ0v) is 18.6. The van der Waals surface area contributed by atoms with Gasteiger partial charge in [-0.1, -0.05) is 0 Å². The quantitative estimate of drug-likeness (QED) is 0.516. The number of nitrogens with zero attached hydrogens (tertiary/aromatic N) is 2. The van der Waals surface area contributed by atoms with Gasteiger partial charge in [0, 0.05) is 27.9 Å². The van der Waals surface area contributed by atoms with Crippen LogP contribution in [-0.2, 0) is 4.79 Å². The van der Waals surface area contributed by atoms with Crippen molar-refractivity contribution in [1.29, 1.82) is 0 Å². The molecule has 0 atom stereocenters. The Hall–Kier alpha value is -2.71. The van der Waals surface area contributed by atoms with Crippen LogP contribution in [0.2, 0.25) is 0 Å². The van der Waals surface area contributed by atoms with E-state index in [0.717, 1.165) is 39.7 Å². The van der Waals surface area contributed by atoms with Crippen molar-refractivity contribution in [2.45, 2.75) is 43.7 Å². The lowest BCUT2D eigenvalue weighted by Crippen LogP contribution is -2.12. The molecule has 1 fully saturated rings. The fraction of sp³-hybridized carbons (Fsp3) is 0.273. The summed E-state index contributed by atoms with van der Waals surface area (Å²) >= 11 is 2.79. The monoisotopic (exact) mass is 438 g/mol. The van der Waals surface area contributed by atoms with Gasteiger partial charge in [0.15, 0.2) is 5.16 Å². The van der Waals surface area contributed by atoms with Gasteiger partial charge in [-0.15, -0.1) is 11.3 Å². The Morgan fingerprint density at radius 1 is 1.00 bits per heavy atom. The second-order valence-electron chi connectivity index (χ2n) is 7.40. The second-order valence-corrected chi connectivity index (χ2v) is 9.49. The molecule has 4 rings (SSSR count). The molecular formula is C22H22N4O2S2. The van der Waals surface area contributed by atoms with Crippen molar-refractivity contribution in [2.24, 2.45) is 5.92 Å². The number of rotatable bonds is 6. The highest BCUT2D eigenvalue weighted by Gasteiger charge is 2.30. The molecule has 0 unspecified atom stereocenters. The normalized spacial score (nSPS) is 13.2. The summed E-state index contributed by atoms with van der Waals surface area (Å²) in [6.45, 7) is 5.78. The molecule has 6 nitrogen and oxygen atoms in total. The minimum Gasteiger partial charge on any atom is -0.321 e.